The topological polar surface area (TPSA) is 118 Å². The Morgan fingerprint density at radius 1 is 1.21 bits per heavy atom. The molecule has 0 bridgehead atoms. The lowest BCUT2D eigenvalue weighted by Gasteiger charge is -2.18. The van der Waals surface area contributed by atoms with Gasteiger partial charge in [-0.25, -0.2) is 8.42 Å². The number of hydrogen-bond donors (Lipinski definition) is 2. The molecule has 104 valence electrons. The number of nitrogens with zero attached hydrogens (tertiary/aromatic N) is 1. The molecule has 19 heavy (non-hydrogen) atoms. The van der Waals surface area contributed by atoms with Crippen LogP contribution in [0.2, 0.25) is 0 Å². The number of nitrogens with two attached hydrogens (primary N) is 1. The van der Waals surface area contributed by atoms with E-state index in [1.54, 1.807) is 19.1 Å². The van der Waals surface area contributed by atoms with Crippen molar-refractivity contribution in [2.24, 2.45) is 5.73 Å². The van der Waals surface area contributed by atoms with Crippen molar-refractivity contribution in [2.75, 3.05) is 13.1 Å². The molecule has 0 atom stereocenters. The smallest absolute Gasteiger partial charge is 0.318 e. The maximum atomic E-state index is 12.2. The third-order valence-corrected chi connectivity index (χ3v) is 4.11. The largest absolute Gasteiger partial charge is 0.480 e. The zero-order chi connectivity index (χ0) is 14.6. The van der Waals surface area contributed by atoms with Gasteiger partial charge in [-0.15, -0.1) is 0 Å². The van der Waals surface area contributed by atoms with Gasteiger partial charge in [0, 0.05) is 0 Å². The molecule has 0 unspecified atom stereocenters. The molecule has 0 aliphatic rings. The Morgan fingerprint density at radius 3 is 2.16 bits per heavy atom. The van der Waals surface area contributed by atoms with Crippen molar-refractivity contribution in [1.82, 2.24) is 4.31 Å². The van der Waals surface area contributed by atoms with Crippen molar-refractivity contribution in [3.63, 3.8) is 0 Å². The Balaban J connectivity index is 3.14. The summed E-state index contributed by atoms with van der Waals surface area (Å²) in [5.41, 5.74) is 5.79. The van der Waals surface area contributed by atoms with Gasteiger partial charge in [0.25, 0.3) is 0 Å². The first-order valence-corrected chi connectivity index (χ1v) is 6.74. The maximum absolute atomic E-state index is 12.2. The van der Waals surface area contributed by atoms with Gasteiger partial charge < -0.3 is 10.8 Å². The lowest BCUT2D eigenvalue weighted by atomic mass is 10.2. The van der Waals surface area contributed by atoms with Crippen LogP contribution in [0.5, 0.6) is 0 Å². The molecule has 0 fully saturated rings. The molecular formula is C11H14N2O5S. The molecule has 0 spiro atoms. The Bertz CT molecular complexity index is 564. The van der Waals surface area contributed by atoms with Gasteiger partial charge in [0.2, 0.25) is 15.9 Å². The molecular weight excluding hydrogens is 272 g/mol. The van der Waals surface area contributed by atoms with Crippen LogP contribution in [0.4, 0.5) is 0 Å². The number of rotatable bonds is 6. The first kappa shape index (κ1) is 15.1. The normalized spacial score (nSPS) is 11.5. The summed E-state index contributed by atoms with van der Waals surface area (Å²) in [5, 5.41) is 8.69. The average Bonchev–Trinajstić information content (AvgIpc) is 2.27. The minimum atomic E-state index is -4.06. The fourth-order valence-electron chi connectivity index (χ4n) is 1.41. The summed E-state index contributed by atoms with van der Waals surface area (Å²) >= 11 is 0. The molecule has 0 aromatic heterocycles. The van der Waals surface area contributed by atoms with Gasteiger partial charge in [0.15, 0.2) is 0 Å². The quantitative estimate of drug-likeness (QED) is 0.734. The number of primary amides is 1. The first-order chi connectivity index (χ1) is 8.73. The Labute approximate surface area is 110 Å². The standard InChI is InChI=1S/C11H14N2O5S/c1-8-2-4-9(5-3-8)19(17,18)13(6-10(12)14)7-11(15)16/h2-5H,6-7H2,1H3,(H2,12,14)(H,15,16). The predicted octanol–water partition coefficient (Wildman–Crippen LogP) is -0.444. The molecule has 1 aromatic rings. The lowest BCUT2D eigenvalue weighted by molar-refractivity contribution is -0.137. The number of aliphatic carboxylic acids is 1. The average molecular weight is 286 g/mol. The van der Waals surface area contributed by atoms with Crippen LogP contribution in [0.1, 0.15) is 5.56 Å². The molecule has 3 N–H and O–H groups in total. The summed E-state index contributed by atoms with van der Waals surface area (Å²) in [7, 11) is -4.06. The van der Waals surface area contributed by atoms with Crippen molar-refractivity contribution < 1.29 is 23.1 Å². The van der Waals surface area contributed by atoms with E-state index in [1.165, 1.54) is 12.1 Å². The van der Waals surface area contributed by atoms with Crippen LogP contribution in [0.3, 0.4) is 0 Å². The molecule has 0 saturated carbocycles. The molecule has 0 saturated heterocycles. The number of amides is 1. The van der Waals surface area contributed by atoms with Crippen molar-refractivity contribution in [2.45, 2.75) is 11.8 Å². The highest BCUT2D eigenvalue weighted by molar-refractivity contribution is 7.89. The van der Waals surface area contributed by atoms with Crippen LogP contribution < -0.4 is 5.73 Å². The summed E-state index contributed by atoms with van der Waals surface area (Å²) in [6.45, 7) is 0.288. The second-order valence-corrected chi connectivity index (χ2v) is 5.88. The van der Waals surface area contributed by atoms with E-state index in [9.17, 15) is 18.0 Å². The third-order valence-electron chi connectivity index (χ3n) is 2.30. The van der Waals surface area contributed by atoms with Crippen LogP contribution in [0, 0.1) is 6.92 Å². The van der Waals surface area contributed by atoms with E-state index in [1.807, 2.05) is 0 Å². The maximum Gasteiger partial charge on any atom is 0.318 e. The molecule has 0 heterocycles. The second-order valence-electron chi connectivity index (χ2n) is 3.95. The van der Waals surface area contributed by atoms with Crippen molar-refractivity contribution in [3.8, 4) is 0 Å². The molecule has 1 amide bonds. The lowest BCUT2D eigenvalue weighted by Crippen LogP contribution is -2.41. The minimum absolute atomic E-state index is 0.0828. The summed E-state index contributed by atoms with van der Waals surface area (Å²) in [5.74, 6) is -2.28. The van der Waals surface area contributed by atoms with Gasteiger partial charge in [-0.1, -0.05) is 17.7 Å². The zero-order valence-electron chi connectivity index (χ0n) is 10.2. The minimum Gasteiger partial charge on any atom is -0.480 e. The van der Waals surface area contributed by atoms with Gasteiger partial charge in [-0.2, -0.15) is 4.31 Å². The van der Waals surface area contributed by atoms with Gasteiger partial charge >= 0.3 is 5.97 Å². The number of aryl methyl sites for hydroxylation is 1. The number of carbonyl (C=O) groups is 2. The van der Waals surface area contributed by atoms with E-state index in [0.717, 1.165) is 5.56 Å². The molecule has 1 aromatic carbocycles. The SMILES string of the molecule is Cc1ccc(S(=O)(=O)N(CC(N)=O)CC(=O)O)cc1. The number of carboxylic acids is 1. The van der Waals surface area contributed by atoms with E-state index in [0.29, 0.717) is 4.31 Å². The van der Waals surface area contributed by atoms with Gasteiger partial charge in [-0.3, -0.25) is 9.59 Å². The number of sulfonamides is 1. The highest BCUT2D eigenvalue weighted by atomic mass is 32.2. The fraction of sp³-hybridized carbons (Fsp3) is 0.273. The van der Waals surface area contributed by atoms with E-state index in [-0.39, 0.29) is 4.90 Å². The molecule has 1 rings (SSSR count). The van der Waals surface area contributed by atoms with Gasteiger partial charge in [-0.05, 0) is 19.1 Å². The highest BCUT2D eigenvalue weighted by Crippen LogP contribution is 2.15. The highest BCUT2D eigenvalue weighted by Gasteiger charge is 2.27. The van der Waals surface area contributed by atoms with Crippen LogP contribution in [-0.4, -0.2) is 42.8 Å². The summed E-state index contributed by atoms with van der Waals surface area (Å²) in [6.07, 6.45) is 0. The third kappa shape index (κ3) is 4.04. The second kappa shape index (κ2) is 5.81. The van der Waals surface area contributed by atoms with E-state index < -0.39 is 35.0 Å². The number of benzene rings is 1. The summed E-state index contributed by atoms with van der Waals surface area (Å²) < 4.78 is 24.9. The van der Waals surface area contributed by atoms with Gasteiger partial charge in [0.05, 0.1) is 11.4 Å². The van der Waals surface area contributed by atoms with E-state index in [2.05, 4.69) is 0 Å². The monoisotopic (exact) mass is 286 g/mol. The van der Waals surface area contributed by atoms with E-state index in [4.69, 9.17) is 10.8 Å². The van der Waals surface area contributed by atoms with Crippen molar-refractivity contribution >= 4 is 21.9 Å². The first-order valence-electron chi connectivity index (χ1n) is 5.30. The van der Waals surface area contributed by atoms with Crippen LogP contribution in [0.25, 0.3) is 0 Å². The molecule has 0 aliphatic heterocycles. The van der Waals surface area contributed by atoms with Crippen molar-refractivity contribution in [1.29, 1.82) is 0 Å². The van der Waals surface area contributed by atoms with Gasteiger partial charge in [0.1, 0.15) is 6.54 Å². The number of carboxylic acid groups (broad SMARTS) is 1. The molecule has 0 radical (unpaired) electrons. The van der Waals surface area contributed by atoms with E-state index >= 15 is 0 Å². The van der Waals surface area contributed by atoms with Crippen LogP contribution in [0.15, 0.2) is 29.2 Å². The molecule has 8 heteroatoms. The Kier molecular flexibility index (Phi) is 4.62. The summed E-state index contributed by atoms with van der Waals surface area (Å²) in [4.78, 5) is 21.4. The summed E-state index contributed by atoms with van der Waals surface area (Å²) in [6, 6.07) is 5.85. The zero-order valence-corrected chi connectivity index (χ0v) is 11.1. The number of carbonyl (C=O) groups excluding carboxylic acids is 1. The number of hydrogen-bond acceptors (Lipinski definition) is 4. The Morgan fingerprint density at radius 2 is 1.74 bits per heavy atom. The molecule has 7 nitrogen and oxygen atoms in total. The Hall–Kier alpha value is -1.93. The molecule has 0 aliphatic carbocycles. The van der Waals surface area contributed by atoms with Crippen LogP contribution >= 0.6 is 0 Å². The van der Waals surface area contributed by atoms with Crippen molar-refractivity contribution in [3.05, 3.63) is 29.8 Å². The van der Waals surface area contributed by atoms with Crippen LogP contribution in [-0.2, 0) is 19.6 Å². The fourth-order valence-corrected chi connectivity index (χ4v) is 2.77. The predicted molar refractivity (Wildman–Crippen MR) is 66.8 cm³/mol.